The topological polar surface area (TPSA) is 38.3 Å². The van der Waals surface area contributed by atoms with Crippen molar-refractivity contribution in [1.82, 2.24) is 5.32 Å². The maximum atomic E-state index is 12.4. The molecule has 0 radical (unpaired) electrons. The van der Waals surface area contributed by atoms with Gasteiger partial charge >= 0.3 is 0 Å². The first kappa shape index (κ1) is 21.6. The third kappa shape index (κ3) is 7.11. The van der Waals surface area contributed by atoms with Crippen LogP contribution >= 0.6 is 23.4 Å². The smallest absolute Gasteiger partial charge is 0.261 e. The molecule has 0 fully saturated rings. The summed E-state index contributed by atoms with van der Waals surface area (Å²) in [4.78, 5) is 13.5. The van der Waals surface area contributed by atoms with Gasteiger partial charge in [0.1, 0.15) is 5.75 Å². The van der Waals surface area contributed by atoms with Gasteiger partial charge in [-0.25, -0.2) is 0 Å². The Labute approximate surface area is 171 Å². The molecule has 1 atom stereocenters. The third-order valence-electron chi connectivity index (χ3n) is 4.15. The lowest BCUT2D eigenvalue weighted by atomic mass is 9.87. The van der Waals surface area contributed by atoms with Crippen LogP contribution in [0.2, 0.25) is 5.02 Å². The van der Waals surface area contributed by atoms with E-state index in [2.05, 4.69) is 38.2 Å². The van der Waals surface area contributed by atoms with Crippen molar-refractivity contribution < 1.29 is 9.53 Å². The molecule has 0 heterocycles. The van der Waals surface area contributed by atoms with Gasteiger partial charge in [0.15, 0.2) is 6.10 Å². The van der Waals surface area contributed by atoms with Crippen LogP contribution in [0.25, 0.3) is 0 Å². The van der Waals surface area contributed by atoms with Crippen molar-refractivity contribution in [3.63, 3.8) is 0 Å². The minimum absolute atomic E-state index is 0.0749. The highest BCUT2D eigenvalue weighted by Crippen LogP contribution is 2.25. The van der Waals surface area contributed by atoms with Crippen molar-refractivity contribution in [3.05, 3.63) is 59.1 Å². The SMILES string of the molecule is CC[C@@H](Oc1ccc(C(C)(C)C)cc1)C(=O)NCCSc1ccc(Cl)cc1. The summed E-state index contributed by atoms with van der Waals surface area (Å²) in [5.74, 6) is 1.44. The summed E-state index contributed by atoms with van der Waals surface area (Å²) in [5.41, 5.74) is 1.34. The van der Waals surface area contributed by atoms with E-state index in [-0.39, 0.29) is 11.3 Å². The van der Waals surface area contributed by atoms with E-state index in [0.717, 1.165) is 21.4 Å². The lowest BCUT2D eigenvalue weighted by Gasteiger charge is -2.21. The molecule has 3 nitrogen and oxygen atoms in total. The van der Waals surface area contributed by atoms with Gasteiger partial charge in [0.25, 0.3) is 5.91 Å². The van der Waals surface area contributed by atoms with E-state index in [1.165, 1.54) is 5.56 Å². The molecule has 0 saturated heterocycles. The number of rotatable bonds is 8. The van der Waals surface area contributed by atoms with Crippen LogP contribution in [-0.2, 0) is 10.2 Å². The second kappa shape index (κ2) is 10.0. The number of benzene rings is 2. The van der Waals surface area contributed by atoms with Gasteiger partial charge < -0.3 is 10.1 Å². The monoisotopic (exact) mass is 405 g/mol. The molecule has 27 heavy (non-hydrogen) atoms. The molecular formula is C22H28ClNO2S. The van der Waals surface area contributed by atoms with Gasteiger partial charge in [0, 0.05) is 22.2 Å². The summed E-state index contributed by atoms with van der Waals surface area (Å²) in [6, 6.07) is 15.7. The number of carbonyl (C=O) groups excluding carboxylic acids is 1. The van der Waals surface area contributed by atoms with Crippen LogP contribution in [0.15, 0.2) is 53.4 Å². The molecule has 0 unspecified atom stereocenters. The fourth-order valence-corrected chi connectivity index (χ4v) is 3.40. The summed E-state index contributed by atoms with van der Waals surface area (Å²) in [5, 5.41) is 3.69. The maximum Gasteiger partial charge on any atom is 0.261 e. The zero-order chi connectivity index (χ0) is 19.9. The first-order valence-corrected chi connectivity index (χ1v) is 10.6. The van der Waals surface area contributed by atoms with E-state index in [0.29, 0.717) is 13.0 Å². The molecular weight excluding hydrogens is 378 g/mol. The van der Waals surface area contributed by atoms with Crippen LogP contribution in [0.4, 0.5) is 0 Å². The van der Waals surface area contributed by atoms with Gasteiger partial charge in [0.2, 0.25) is 0 Å². The summed E-state index contributed by atoms with van der Waals surface area (Å²) in [6.07, 6.45) is 0.142. The minimum atomic E-state index is -0.481. The molecule has 1 amide bonds. The number of hydrogen-bond donors (Lipinski definition) is 1. The van der Waals surface area contributed by atoms with Gasteiger partial charge in [-0.3, -0.25) is 4.79 Å². The largest absolute Gasteiger partial charge is 0.481 e. The van der Waals surface area contributed by atoms with Crippen molar-refractivity contribution in [2.24, 2.45) is 0 Å². The van der Waals surface area contributed by atoms with Crippen molar-refractivity contribution in [2.45, 2.75) is 50.5 Å². The van der Waals surface area contributed by atoms with E-state index in [1.54, 1.807) is 11.8 Å². The van der Waals surface area contributed by atoms with Crippen LogP contribution < -0.4 is 10.1 Å². The number of halogens is 1. The van der Waals surface area contributed by atoms with Crippen LogP contribution in [0.5, 0.6) is 5.75 Å². The number of thioether (sulfide) groups is 1. The van der Waals surface area contributed by atoms with Crippen molar-refractivity contribution >= 4 is 29.3 Å². The van der Waals surface area contributed by atoms with E-state index in [4.69, 9.17) is 16.3 Å². The van der Waals surface area contributed by atoms with Gasteiger partial charge in [0.05, 0.1) is 0 Å². The third-order valence-corrected chi connectivity index (χ3v) is 5.41. The highest BCUT2D eigenvalue weighted by molar-refractivity contribution is 7.99. The first-order valence-electron chi connectivity index (χ1n) is 9.23. The van der Waals surface area contributed by atoms with Crippen LogP contribution in [0, 0.1) is 0 Å². The predicted molar refractivity (Wildman–Crippen MR) is 115 cm³/mol. The van der Waals surface area contributed by atoms with E-state index < -0.39 is 6.10 Å². The number of nitrogens with one attached hydrogen (secondary N) is 1. The molecule has 146 valence electrons. The quantitative estimate of drug-likeness (QED) is 0.452. The van der Waals surface area contributed by atoms with Gasteiger partial charge in [-0.15, -0.1) is 11.8 Å². The Bertz CT molecular complexity index is 723. The standard InChI is InChI=1S/C22H28ClNO2S/c1-5-20(26-18-10-6-16(7-11-18)22(2,3)4)21(25)24-14-15-27-19-12-8-17(23)9-13-19/h6-13,20H,5,14-15H2,1-4H3,(H,24,25)/t20-/m1/s1. The van der Waals surface area contributed by atoms with Crippen molar-refractivity contribution in [3.8, 4) is 5.75 Å². The van der Waals surface area contributed by atoms with Crippen LogP contribution in [0.3, 0.4) is 0 Å². The Morgan fingerprint density at radius 3 is 2.30 bits per heavy atom. The molecule has 2 aromatic carbocycles. The number of amides is 1. The Morgan fingerprint density at radius 2 is 1.74 bits per heavy atom. The maximum absolute atomic E-state index is 12.4. The fraction of sp³-hybridized carbons (Fsp3) is 0.409. The molecule has 2 aromatic rings. The highest BCUT2D eigenvalue weighted by atomic mass is 35.5. The Balaban J connectivity index is 1.80. The zero-order valence-corrected chi connectivity index (χ0v) is 18.0. The molecule has 0 bridgehead atoms. The Hall–Kier alpha value is -1.65. The minimum Gasteiger partial charge on any atom is -0.481 e. The lowest BCUT2D eigenvalue weighted by molar-refractivity contribution is -0.127. The van der Waals surface area contributed by atoms with Crippen molar-refractivity contribution in [2.75, 3.05) is 12.3 Å². The van der Waals surface area contributed by atoms with Crippen LogP contribution in [0.1, 0.15) is 39.7 Å². The predicted octanol–water partition coefficient (Wildman–Crippen LogP) is 5.70. The summed E-state index contributed by atoms with van der Waals surface area (Å²) >= 11 is 7.57. The number of hydrogen-bond acceptors (Lipinski definition) is 3. The molecule has 0 saturated carbocycles. The number of ether oxygens (including phenoxy) is 1. The van der Waals surface area contributed by atoms with E-state index in [9.17, 15) is 4.79 Å². The molecule has 5 heteroatoms. The second-order valence-corrected chi connectivity index (χ2v) is 8.99. The van der Waals surface area contributed by atoms with Crippen LogP contribution in [-0.4, -0.2) is 24.3 Å². The van der Waals surface area contributed by atoms with Gasteiger partial charge in [-0.05, 0) is 53.8 Å². The molecule has 0 aliphatic rings. The normalized spacial score (nSPS) is 12.5. The van der Waals surface area contributed by atoms with E-state index in [1.807, 2.05) is 43.3 Å². The van der Waals surface area contributed by atoms with E-state index >= 15 is 0 Å². The molecule has 0 aromatic heterocycles. The Morgan fingerprint density at radius 1 is 1.11 bits per heavy atom. The number of carbonyl (C=O) groups is 1. The van der Waals surface area contributed by atoms with Crippen molar-refractivity contribution in [1.29, 1.82) is 0 Å². The van der Waals surface area contributed by atoms with Gasteiger partial charge in [-0.1, -0.05) is 51.4 Å². The summed E-state index contributed by atoms with van der Waals surface area (Å²) in [7, 11) is 0. The molecule has 2 rings (SSSR count). The average Bonchev–Trinajstić information content (AvgIpc) is 2.64. The molecule has 0 aliphatic carbocycles. The fourth-order valence-electron chi connectivity index (χ4n) is 2.51. The highest BCUT2D eigenvalue weighted by Gasteiger charge is 2.19. The first-order chi connectivity index (χ1) is 12.8. The molecule has 1 N–H and O–H groups in total. The average molecular weight is 406 g/mol. The lowest BCUT2D eigenvalue weighted by Crippen LogP contribution is -2.39. The second-order valence-electron chi connectivity index (χ2n) is 7.38. The molecule has 0 spiro atoms. The summed E-state index contributed by atoms with van der Waals surface area (Å²) < 4.78 is 5.89. The van der Waals surface area contributed by atoms with Gasteiger partial charge in [-0.2, -0.15) is 0 Å². The molecule has 0 aliphatic heterocycles. The Kier molecular flexibility index (Phi) is 8.06. The zero-order valence-electron chi connectivity index (χ0n) is 16.4. The summed E-state index contributed by atoms with van der Waals surface area (Å²) in [6.45, 7) is 9.07.